The molecule has 3 heteroatoms. The Hall–Kier alpha value is -1.38. The molecule has 76 valence electrons. The van der Waals surface area contributed by atoms with Crippen molar-refractivity contribution >= 4 is 5.69 Å². The Morgan fingerprint density at radius 2 is 1.71 bits per heavy atom. The summed E-state index contributed by atoms with van der Waals surface area (Å²) in [5.41, 5.74) is 1.67. The van der Waals surface area contributed by atoms with Gasteiger partial charge in [0.15, 0.2) is 0 Å². The number of benzene rings is 1. The maximum Gasteiger partial charge on any atom is 0.316 e. The molecule has 1 aromatic carbocycles. The molecule has 0 radical (unpaired) electrons. The standard InChI is InChI=1S/C11H16NO2/c1-11(2,3)8-9-4-6-10(7-5-9)12(13)14/h4-7H,8H2,1-3H3,(H,13,14)/q+1. The van der Waals surface area contributed by atoms with Crippen molar-refractivity contribution in [3.63, 3.8) is 0 Å². The second kappa shape index (κ2) is 3.78. The predicted molar refractivity (Wildman–Crippen MR) is 54.7 cm³/mol. The van der Waals surface area contributed by atoms with Gasteiger partial charge in [0.25, 0.3) is 4.92 Å². The van der Waals surface area contributed by atoms with E-state index in [2.05, 4.69) is 20.8 Å². The topological polar surface area (TPSA) is 40.3 Å². The summed E-state index contributed by atoms with van der Waals surface area (Å²) in [4.78, 5) is 10.4. The highest BCUT2D eigenvalue weighted by molar-refractivity contribution is 5.32. The van der Waals surface area contributed by atoms with E-state index in [1.807, 2.05) is 12.1 Å². The third kappa shape index (κ3) is 3.17. The second-order valence-electron chi connectivity index (χ2n) is 4.68. The van der Waals surface area contributed by atoms with Crippen molar-refractivity contribution in [2.24, 2.45) is 5.41 Å². The molecule has 0 saturated carbocycles. The van der Waals surface area contributed by atoms with Crippen molar-refractivity contribution < 1.29 is 10.1 Å². The number of hydrogen-bond donors (Lipinski definition) is 1. The lowest BCUT2D eigenvalue weighted by atomic mass is 9.88. The van der Waals surface area contributed by atoms with Crippen LogP contribution in [0.2, 0.25) is 0 Å². The number of rotatable bonds is 2. The van der Waals surface area contributed by atoms with Gasteiger partial charge in [0.1, 0.15) is 0 Å². The number of hydrogen-bond acceptors (Lipinski definition) is 1. The van der Waals surface area contributed by atoms with Gasteiger partial charge in [0, 0.05) is 12.1 Å². The maximum atomic E-state index is 10.5. The highest BCUT2D eigenvalue weighted by Gasteiger charge is 2.14. The average Bonchev–Trinajstić information content (AvgIpc) is 2.02. The van der Waals surface area contributed by atoms with Crippen LogP contribution in [0, 0.1) is 10.3 Å². The van der Waals surface area contributed by atoms with E-state index in [1.165, 1.54) is 5.56 Å². The first-order chi connectivity index (χ1) is 6.38. The first kappa shape index (κ1) is 10.7. The van der Waals surface area contributed by atoms with Crippen molar-refractivity contribution in [2.75, 3.05) is 0 Å². The van der Waals surface area contributed by atoms with Crippen LogP contribution in [0.5, 0.6) is 0 Å². The molecule has 0 aliphatic carbocycles. The molecule has 0 aromatic heterocycles. The van der Waals surface area contributed by atoms with Gasteiger partial charge >= 0.3 is 5.69 Å². The van der Waals surface area contributed by atoms with E-state index < -0.39 is 0 Å². The molecule has 0 aliphatic heterocycles. The Morgan fingerprint density at radius 3 is 2.07 bits per heavy atom. The van der Waals surface area contributed by atoms with Crippen LogP contribution in [-0.4, -0.2) is 10.1 Å². The fourth-order valence-corrected chi connectivity index (χ4v) is 1.35. The molecular formula is C11H16NO2+. The molecule has 0 aliphatic rings. The molecule has 1 aromatic rings. The van der Waals surface area contributed by atoms with Crippen LogP contribution in [-0.2, 0) is 6.42 Å². The summed E-state index contributed by atoms with van der Waals surface area (Å²) in [6, 6.07) is 6.96. The molecule has 0 bridgehead atoms. The average molecular weight is 194 g/mol. The van der Waals surface area contributed by atoms with E-state index in [-0.39, 0.29) is 16.0 Å². The van der Waals surface area contributed by atoms with Gasteiger partial charge in [-0.05, 0) is 17.4 Å². The monoisotopic (exact) mass is 194 g/mol. The van der Waals surface area contributed by atoms with Gasteiger partial charge in [-0.3, -0.25) is 0 Å². The molecule has 1 N–H and O–H groups in total. The lowest BCUT2D eigenvalue weighted by Crippen LogP contribution is -2.08. The predicted octanol–water partition coefficient (Wildman–Crippen LogP) is 3.07. The minimum Gasteiger partial charge on any atom is -0.241 e. The third-order valence-electron chi connectivity index (χ3n) is 1.89. The van der Waals surface area contributed by atoms with E-state index in [1.54, 1.807) is 12.1 Å². The van der Waals surface area contributed by atoms with Crippen LogP contribution in [0.15, 0.2) is 24.3 Å². The summed E-state index contributed by atoms with van der Waals surface area (Å²) in [5.74, 6) is 0. The van der Waals surface area contributed by atoms with Crippen LogP contribution in [0.4, 0.5) is 5.69 Å². The van der Waals surface area contributed by atoms with E-state index >= 15 is 0 Å². The Kier molecular flexibility index (Phi) is 2.89. The van der Waals surface area contributed by atoms with E-state index in [0.29, 0.717) is 0 Å². The van der Waals surface area contributed by atoms with Gasteiger partial charge < -0.3 is 0 Å². The van der Waals surface area contributed by atoms with Crippen LogP contribution in [0.25, 0.3) is 0 Å². The zero-order valence-corrected chi connectivity index (χ0v) is 8.82. The van der Waals surface area contributed by atoms with Gasteiger partial charge in [0.05, 0.1) is 4.91 Å². The van der Waals surface area contributed by atoms with Gasteiger partial charge in [-0.2, -0.15) is 0 Å². The summed E-state index contributed by atoms with van der Waals surface area (Å²) >= 11 is 0. The fraction of sp³-hybridized carbons (Fsp3) is 0.455. The second-order valence-corrected chi connectivity index (χ2v) is 4.68. The summed E-state index contributed by atoms with van der Waals surface area (Å²) in [6.07, 6.45) is 0.956. The molecule has 0 saturated heterocycles. The van der Waals surface area contributed by atoms with Crippen molar-refractivity contribution in [1.29, 1.82) is 0 Å². The molecule has 14 heavy (non-hydrogen) atoms. The first-order valence-electron chi connectivity index (χ1n) is 4.63. The highest BCUT2D eigenvalue weighted by Crippen LogP contribution is 2.21. The number of nitrogens with zero attached hydrogens (tertiary/aromatic N) is 1. The lowest BCUT2D eigenvalue weighted by Gasteiger charge is -2.17. The molecule has 3 nitrogen and oxygen atoms in total. The zero-order valence-electron chi connectivity index (χ0n) is 8.82. The lowest BCUT2D eigenvalue weighted by molar-refractivity contribution is -0.729. The smallest absolute Gasteiger partial charge is 0.241 e. The van der Waals surface area contributed by atoms with Crippen molar-refractivity contribution in [3.05, 3.63) is 34.7 Å². The molecular weight excluding hydrogens is 178 g/mol. The van der Waals surface area contributed by atoms with E-state index in [4.69, 9.17) is 5.21 Å². The van der Waals surface area contributed by atoms with Gasteiger partial charge in [-0.25, -0.2) is 5.21 Å². The first-order valence-corrected chi connectivity index (χ1v) is 4.63. The minimum atomic E-state index is -0.124. The molecule has 1 rings (SSSR count). The van der Waals surface area contributed by atoms with Crippen molar-refractivity contribution in [3.8, 4) is 0 Å². The van der Waals surface area contributed by atoms with Crippen LogP contribution in [0.1, 0.15) is 26.3 Å². The quantitative estimate of drug-likeness (QED) is 0.735. The van der Waals surface area contributed by atoms with Gasteiger partial charge in [-0.15, -0.1) is 0 Å². The van der Waals surface area contributed by atoms with Gasteiger partial charge in [0.2, 0.25) is 0 Å². The van der Waals surface area contributed by atoms with Crippen LogP contribution in [0.3, 0.4) is 0 Å². The van der Waals surface area contributed by atoms with Gasteiger partial charge in [-0.1, -0.05) is 32.9 Å². The highest BCUT2D eigenvalue weighted by atomic mass is 16.6. The molecule has 0 fully saturated rings. The summed E-state index contributed by atoms with van der Waals surface area (Å²) in [6.45, 7) is 6.48. The van der Waals surface area contributed by atoms with E-state index in [0.717, 1.165) is 6.42 Å². The summed E-state index contributed by atoms with van der Waals surface area (Å²) < 4.78 is 0. The molecule has 0 amide bonds. The largest absolute Gasteiger partial charge is 0.316 e. The zero-order chi connectivity index (χ0) is 10.8. The summed E-state index contributed by atoms with van der Waals surface area (Å²) in [5, 5.41) is 8.62. The molecule has 0 heterocycles. The Morgan fingerprint density at radius 1 is 1.21 bits per heavy atom. The maximum absolute atomic E-state index is 10.5. The normalized spacial score (nSPS) is 11.4. The Bertz CT molecular complexity index is 322. The Balaban J connectivity index is 2.79. The Labute approximate surface area is 83.9 Å². The third-order valence-corrected chi connectivity index (χ3v) is 1.89. The minimum absolute atomic E-state index is 0.124. The van der Waals surface area contributed by atoms with Crippen molar-refractivity contribution in [2.45, 2.75) is 27.2 Å². The molecule has 0 unspecified atom stereocenters. The fourth-order valence-electron chi connectivity index (χ4n) is 1.35. The molecule has 0 spiro atoms. The summed E-state index contributed by atoms with van der Waals surface area (Å²) in [7, 11) is 0. The van der Waals surface area contributed by atoms with Crippen LogP contribution >= 0.6 is 0 Å². The SMILES string of the molecule is CC(C)(C)Cc1ccc([N+](=O)O)cc1. The van der Waals surface area contributed by atoms with E-state index in [9.17, 15) is 4.91 Å². The molecule has 0 atom stereocenters. The van der Waals surface area contributed by atoms with Crippen molar-refractivity contribution in [1.82, 2.24) is 0 Å². The van der Waals surface area contributed by atoms with Crippen LogP contribution < -0.4 is 0 Å².